The van der Waals surface area contributed by atoms with Gasteiger partial charge in [0.25, 0.3) is 5.91 Å². The highest BCUT2D eigenvalue weighted by atomic mass is 32.1. The summed E-state index contributed by atoms with van der Waals surface area (Å²) < 4.78 is 5.01. The van der Waals surface area contributed by atoms with Crippen LogP contribution in [-0.4, -0.2) is 25.5 Å². The molecule has 1 atom stereocenters. The Kier molecular flexibility index (Phi) is 4.71. The molecule has 1 aromatic heterocycles. The van der Waals surface area contributed by atoms with Crippen LogP contribution < -0.4 is 5.32 Å². The second kappa shape index (κ2) is 6.18. The molecule has 0 saturated carbocycles. The van der Waals surface area contributed by atoms with E-state index in [0.29, 0.717) is 16.2 Å². The van der Waals surface area contributed by atoms with Crippen LogP contribution in [0.2, 0.25) is 0 Å². The quantitative estimate of drug-likeness (QED) is 0.874. The standard InChI is InChI=1S/C16H23NO3S/c1-16(2,3)11-5-6-12-10(7-11)8-13(21-12)15(19)20-9-14(18)17-4/h8,11H,5-7,9H2,1-4H3,(H,17,18)/t11-/m0/s1. The molecule has 0 spiro atoms. The summed E-state index contributed by atoms with van der Waals surface area (Å²) in [7, 11) is 1.52. The highest BCUT2D eigenvalue weighted by Gasteiger charge is 2.30. The third-order valence-electron chi connectivity index (χ3n) is 4.12. The molecule has 21 heavy (non-hydrogen) atoms. The summed E-state index contributed by atoms with van der Waals surface area (Å²) in [5.74, 6) is -0.0443. The summed E-state index contributed by atoms with van der Waals surface area (Å²) in [5.41, 5.74) is 1.57. The third-order valence-corrected chi connectivity index (χ3v) is 5.34. The number of carbonyl (C=O) groups is 2. The summed E-state index contributed by atoms with van der Waals surface area (Å²) in [4.78, 5) is 25.0. The number of rotatable bonds is 3. The lowest BCUT2D eigenvalue weighted by molar-refractivity contribution is -0.123. The first-order chi connectivity index (χ1) is 9.81. The lowest BCUT2D eigenvalue weighted by Gasteiger charge is -2.33. The van der Waals surface area contributed by atoms with Crippen LogP contribution >= 0.6 is 11.3 Å². The number of hydrogen-bond acceptors (Lipinski definition) is 4. The molecule has 1 amide bonds. The third kappa shape index (κ3) is 3.84. The zero-order valence-electron chi connectivity index (χ0n) is 13.1. The maximum Gasteiger partial charge on any atom is 0.348 e. The summed E-state index contributed by atoms with van der Waals surface area (Å²) in [6.45, 7) is 6.59. The highest BCUT2D eigenvalue weighted by molar-refractivity contribution is 7.14. The van der Waals surface area contributed by atoms with E-state index in [1.807, 2.05) is 6.07 Å². The van der Waals surface area contributed by atoms with Crippen molar-refractivity contribution in [2.24, 2.45) is 11.3 Å². The summed E-state index contributed by atoms with van der Waals surface area (Å²) in [6, 6.07) is 1.95. The number of ether oxygens (including phenoxy) is 1. The van der Waals surface area contributed by atoms with Crippen molar-refractivity contribution in [2.45, 2.75) is 40.0 Å². The highest BCUT2D eigenvalue weighted by Crippen LogP contribution is 2.40. The van der Waals surface area contributed by atoms with Crippen LogP contribution in [-0.2, 0) is 22.4 Å². The maximum absolute atomic E-state index is 12.0. The molecular formula is C16H23NO3S. The van der Waals surface area contributed by atoms with Crippen LogP contribution in [0.25, 0.3) is 0 Å². The summed E-state index contributed by atoms with van der Waals surface area (Å²) in [6.07, 6.45) is 3.23. The molecule has 1 aliphatic carbocycles. The molecule has 1 aliphatic rings. The molecule has 0 aromatic carbocycles. The van der Waals surface area contributed by atoms with Gasteiger partial charge in [0.1, 0.15) is 4.88 Å². The molecule has 1 heterocycles. The van der Waals surface area contributed by atoms with E-state index in [1.165, 1.54) is 35.2 Å². The van der Waals surface area contributed by atoms with Gasteiger partial charge in [-0.05, 0) is 42.2 Å². The molecule has 0 unspecified atom stereocenters. The lowest BCUT2D eigenvalue weighted by Crippen LogP contribution is -2.26. The molecular weight excluding hydrogens is 286 g/mol. The van der Waals surface area contributed by atoms with Gasteiger partial charge in [-0.15, -0.1) is 11.3 Å². The SMILES string of the molecule is CNC(=O)COC(=O)c1cc2c(s1)CC[C@H](C(C)(C)C)C2. The second-order valence-electron chi connectivity index (χ2n) is 6.61. The van der Waals surface area contributed by atoms with E-state index in [9.17, 15) is 9.59 Å². The average Bonchev–Trinajstić information content (AvgIpc) is 2.86. The number of nitrogens with one attached hydrogen (secondary N) is 1. The van der Waals surface area contributed by atoms with Crippen molar-refractivity contribution >= 4 is 23.2 Å². The van der Waals surface area contributed by atoms with E-state index in [0.717, 1.165) is 12.8 Å². The summed E-state index contributed by atoms with van der Waals surface area (Å²) >= 11 is 1.51. The van der Waals surface area contributed by atoms with Crippen molar-refractivity contribution in [1.82, 2.24) is 5.32 Å². The average molecular weight is 309 g/mol. The lowest BCUT2D eigenvalue weighted by atomic mass is 9.72. The van der Waals surface area contributed by atoms with Crippen LogP contribution in [0.4, 0.5) is 0 Å². The molecule has 2 rings (SSSR count). The normalized spacial score (nSPS) is 18.0. The maximum atomic E-state index is 12.0. The van der Waals surface area contributed by atoms with E-state index in [2.05, 4.69) is 26.1 Å². The number of amides is 1. The van der Waals surface area contributed by atoms with E-state index in [-0.39, 0.29) is 12.5 Å². The van der Waals surface area contributed by atoms with Crippen LogP contribution in [0.5, 0.6) is 0 Å². The fourth-order valence-corrected chi connectivity index (χ4v) is 3.74. The monoisotopic (exact) mass is 309 g/mol. The predicted molar refractivity (Wildman–Crippen MR) is 83.6 cm³/mol. The fraction of sp³-hybridized carbons (Fsp3) is 0.625. The Bertz CT molecular complexity index is 542. The first-order valence-corrected chi connectivity index (χ1v) is 8.12. The smallest absolute Gasteiger partial charge is 0.348 e. The van der Waals surface area contributed by atoms with Gasteiger partial charge in [-0.25, -0.2) is 4.79 Å². The Hall–Kier alpha value is -1.36. The topological polar surface area (TPSA) is 55.4 Å². The minimum Gasteiger partial charge on any atom is -0.451 e. The number of fused-ring (bicyclic) bond motifs is 1. The van der Waals surface area contributed by atoms with Gasteiger partial charge in [0.15, 0.2) is 6.61 Å². The van der Waals surface area contributed by atoms with Crippen molar-refractivity contribution in [3.8, 4) is 0 Å². The molecule has 0 radical (unpaired) electrons. The van der Waals surface area contributed by atoms with Crippen LogP contribution in [0, 0.1) is 11.3 Å². The zero-order chi connectivity index (χ0) is 15.6. The van der Waals surface area contributed by atoms with Gasteiger partial charge in [0, 0.05) is 11.9 Å². The molecule has 0 fully saturated rings. The van der Waals surface area contributed by atoms with E-state index < -0.39 is 5.97 Å². The largest absolute Gasteiger partial charge is 0.451 e. The van der Waals surface area contributed by atoms with E-state index >= 15 is 0 Å². The second-order valence-corrected chi connectivity index (χ2v) is 7.75. The van der Waals surface area contributed by atoms with Gasteiger partial charge in [-0.1, -0.05) is 20.8 Å². The first kappa shape index (κ1) is 16.0. The molecule has 1 N–H and O–H groups in total. The van der Waals surface area contributed by atoms with Crippen LogP contribution in [0.3, 0.4) is 0 Å². The molecule has 0 bridgehead atoms. The Balaban J connectivity index is 2.04. The number of thiophene rings is 1. The van der Waals surface area contributed by atoms with Crippen molar-refractivity contribution < 1.29 is 14.3 Å². The van der Waals surface area contributed by atoms with Crippen LogP contribution in [0.1, 0.15) is 47.3 Å². The molecule has 1 aromatic rings. The Morgan fingerprint density at radius 3 is 2.76 bits per heavy atom. The number of carbonyl (C=O) groups excluding carboxylic acids is 2. The van der Waals surface area contributed by atoms with Crippen molar-refractivity contribution in [3.63, 3.8) is 0 Å². The first-order valence-electron chi connectivity index (χ1n) is 7.30. The van der Waals surface area contributed by atoms with Gasteiger partial charge in [0.2, 0.25) is 0 Å². The Morgan fingerprint density at radius 1 is 1.43 bits per heavy atom. The Labute approximate surface area is 129 Å². The van der Waals surface area contributed by atoms with Crippen molar-refractivity contribution in [3.05, 3.63) is 21.4 Å². The van der Waals surface area contributed by atoms with Gasteiger partial charge in [0.05, 0.1) is 0 Å². The minimum absolute atomic E-state index is 0.220. The number of likely N-dealkylation sites (N-methyl/N-ethyl adjacent to an activating group) is 1. The van der Waals surface area contributed by atoms with Gasteiger partial charge in [-0.3, -0.25) is 4.79 Å². The summed E-state index contributed by atoms with van der Waals surface area (Å²) in [5, 5.41) is 2.43. The van der Waals surface area contributed by atoms with Gasteiger partial charge < -0.3 is 10.1 Å². The van der Waals surface area contributed by atoms with Gasteiger partial charge in [-0.2, -0.15) is 0 Å². The van der Waals surface area contributed by atoms with Crippen molar-refractivity contribution in [1.29, 1.82) is 0 Å². The van der Waals surface area contributed by atoms with E-state index in [4.69, 9.17) is 4.74 Å². The number of hydrogen-bond donors (Lipinski definition) is 1. The van der Waals surface area contributed by atoms with Gasteiger partial charge >= 0.3 is 5.97 Å². The number of aryl methyl sites for hydroxylation is 1. The Morgan fingerprint density at radius 2 is 2.14 bits per heavy atom. The number of esters is 1. The molecule has 0 saturated heterocycles. The molecule has 0 aliphatic heterocycles. The van der Waals surface area contributed by atoms with Crippen molar-refractivity contribution in [2.75, 3.05) is 13.7 Å². The van der Waals surface area contributed by atoms with Crippen LogP contribution in [0.15, 0.2) is 6.07 Å². The fourth-order valence-electron chi connectivity index (χ4n) is 2.64. The molecule has 5 heteroatoms. The molecule has 116 valence electrons. The minimum atomic E-state index is -0.398. The van der Waals surface area contributed by atoms with E-state index in [1.54, 1.807) is 0 Å². The molecule has 4 nitrogen and oxygen atoms in total. The zero-order valence-corrected chi connectivity index (χ0v) is 13.9. The predicted octanol–water partition coefficient (Wildman–Crippen LogP) is 2.80.